The van der Waals surface area contributed by atoms with Crippen LogP contribution in [0.2, 0.25) is 0 Å². The smallest absolute Gasteiger partial charge is 0.118 e. The first-order valence-corrected chi connectivity index (χ1v) is 7.72. The van der Waals surface area contributed by atoms with Crippen LogP contribution in [0.25, 0.3) is 0 Å². The molecule has 0 aliphatic rings. The fourth-order valence-corrected chi connectivity index (χ4v) is 2.62. The van der Waals surface area contributed by atoms with Crippen molar-refractivity contribution in [1.29, 1.82) is 0 Å². The third-order valence-electron chi connectivity index (χ3n) is 3.92. The molecule has 0 bridgehead atoms. The van der Waals surface area contributed by atoms with Crippen molar-refractivity contribution in [2.75, 3.05) is 14.2 Å². The highest BCUT2D eigenvalue weighted by molar-refractivity contribution is 5.27. The first-order valence-electron chi connectivity index (χ1n) is 7.72. The van der Waals surface area contributed by atoms with Gasteiger partial charge < -0.3 is 14.6 Å². The molecular weight excluding hydrogens is 260 g/mol. The summed E-state index contributed by atoms with van der Waals surface area (Å²) in [5.41, 5.74) is 2.72. The van der Waals surface area contributed by atoms with Gasteiger partial charge in [-0.25, -0.2) is 0 Å². The zero-order valence-electron chi connectivity index (χ0n) is 13.3. The molecule has 2 rings (SSSR count). The van der Waals surface area contributed by atoms with Gasteiger partial charge in [0.05, 0.1) is 7.11 Å². The topological polar surface area (TPSA) is 26.2 Å². The monoisotopic (exact) mass is 286 g/mol. The van der Waals surface area contributed by atoms with Crippen LogP contribution >= 0.6 is 0 Å². The maximum absolute atomic E-state index is 5.18. The summed E-state index contributed by atoms with van der Waals surface area (Å²) in [6.45, 7) is 3.24. The molecule has 0 radical (unpaired) electrons. The molecule has 2 aromatic rings. The Labute approximate surface area is 127 Å². The number of hydrogen-bond acceptors (Lipinski definition) is 2. The minimum Gasteiger partial charge on any atom is -0.497 e. The van der Waals surface area contributed by atoms with E-state index in [0.717, 1.165) is 18.7 Å². The van der Waals surface area contributed by atoms with Gasteiger partial charge >= 0.3 is 0 Å². The lowest BCUT2D eigenvalue weighted by atomic mass is 10.1. The zero-order valence-corrected chi connectivity index (χ0v) is 13.3. The van der Waals surface area contributed by atoms with E-state index < -0.39 is 0 Å². The molecule has 21 heavy (non-hydrogen) atoms. The second kappa shape index (κ2) is 7.89. The standard InChI is InChI=1S/C18H26N2O/c1-4-5-18(19-2)16-11-13-20(14-16)12-10-15-6-8-17(21-3)9-7-15/h6-9,11,13-14,18-19H,4-5,10,12H2,1-3H3. The van der Waals surface area contributed by atoms with Crippen LogP contribution in [-0.2, 0) is 13.0 Å². The van der Waals surface area contributed by atoms with Crippen LogP contribution in [0.15, 0.2) is 42.7 Å². The summed E-state index contributed by atoms with van der Waals surface area (Å²) in [6.07, 6.45) is 7.86. The van der Waals surface area contributed by atoms with Gasteiger partial charge in [0.1, 0.15) is 5.75 Å². The van der Waals surface area contributed by atoms with Crippen molar-refractivity contribution in [2.45, 2.75) is 38.8 Å². The third kappa shape index (κ3) is 4.36. The van der Waals surface area contributed by atoms with Crippen molar-refractivity contribution >= 4 is 0 Å². The molecule has 0 aliphatic heterocycles. The minimum atomic E-state index is 0.470. The van der Waals surface area contributed by atoms with Gasteiger partial charge in [-0.05, 0) is 49.2 Å². The number of methoxy groups -OCH3 is 1. The van der Waals surface area contributed by atoms with Crippen LogP contribution in [0, 0.1) is 0 Å². The van der Waals surface area contributed by atoms with E-state index in [1.807, 2.05) is 19.2 Å². The molecule has 1 N–H and O–H groups in total. The summed E-state index contributed by atoms with van der Waals surface area (Å²) in [6, 6.07) is 11.0. The highest BCUT2D eigenvalue weighted by atomic mass is 16.5. The number of aromatic nitrogens is 1. The first kappa shape index (κ1) is 15.6. The average Bonchev–Trinajstić information content (AvgIpc) is 3.00. The van der Waals surface area contributed by atoms with Crippen molar-refractivity contribution in [3.05, 3.63) is 53.9 Å². The van der Waals surface area contributed by atoms with Gasteiger partial charge in [0.15, 0.2) is 0 Å². The SMILES string of the molecule is CCCC(NC)c1ccn(CCc2ccc(OC)cc2)c1. The number of nitrogens with zero attached hydrogens (tertiary/aromatic N) is 1. The highest BCUT2D eigenvalue weighted by Crippen LogP contribution is 2.19. The molecule has 1 unspecified atom stereocenters. The number of rotatable bonds is 8. The quantitative estimate of drug-likeness (QED) is 0.799. The van der Waals surface area contributed by atoms with Gasteiger partial charge in [-0.15, -0.1) is 0 Å². The van der Waals surface area contributed by atoms with Gasteiger partial charge in [-0.3, -0.25) is 0 Å². The largest absolute Gasteiger partial charge is 0.497 e. The second-order valence-electron chi connectivity index (χ2n) is 5.41. The van der Waals surface area contributed by atoms with E-state index >= 15 is 0 Å². The van der Waals surface area contributed by atoms with E-state index in [4.69, 9.17) is 4.74 Å². The number of aryl methyl sites for hydroxylation is 2. The lowest BCUT2D eigenvalue weighted by Crippen LogP contribution is -2.15. The van der Waals surface area contributed by atoms with E-state index in [2.05, 4.69) is 47.4 Å². The summed E-state index contributed by atoms with van der Waals surface area (Å²) in [7, 11) is 3.74. The second-order valence-corrected chi connectivity index (χ2v) is 5.41. The molecule has 0 aliphatic carbocycles. The Morgan fingerprint density at radius 2 is 1.95 bits per heavy atom. The summed E-state index contributed by atoms with van der Waals surface area (Å²) < 4.78 is 7.46. The molecule has 114 valence electrons. The van der Waals surface area contributed by atoms with Gasteiger partial charge in [0.2, 0.25) is 0 Å². The normalized spacial score (nSPS) is 12.3. The summed E-state index contributed by atoms with van der Waals surface area (Å²) in [5, 5.41) is 3.39. The fourth-order valence-electron chi connectivity index (χ4n) is 2.62. The van der Waals surface area contributed by atoms with E-state index in [1.165, 1.54) is 24.0 Å². The Balaban J connectivity index is 1.92. The maximum Gasteiger partial charge on any atom is 0.118 e. The third-order valence-corrected chi connectivity index (χ3v) is 3.92. The number of nitrogens with one attached hydrogen (secondary N) is 1. The van der Waals surface area contributed by atoms with Gasteiger partial charge in [-0.2, -0.15) is 0 Å². The van der Waals surface area contributed by atoms with Crippen LogP contribution in [0.3, 0.4) is 0 Å². The summed E-state index contributed by atoms with van der Waals surface area (Å²) >= 11 is 0. The minimum absolute atomic E-state index is 0.470. The van der Waals surface area contributed by atoms with Gasteiger partial charge in [0.25, 0.3) is 0 Å². The van der Waals surface area contributed by atoms with Gasteiger partial charge in [0, 0.05) is 25.0 Å². The Kier molecular flexibility index (Phi) is 5.88. The fraction of sp³-hybridized carbons (Fsp3) is 0.444. The molecule has 0 saturated carbocycles. The predicted octanol–water partition coefficient (Wildman–Crippen LogP) is 3.80. The Morgan fingerprint density at radius 3 is 2.57 bits per heavy atom. The van der Waals surface area contributed by atoms with Crippen molar-refractivity contribution in [1.82, 2.24) is 9.88 Å². The van der Waals surface area contributed by atoms with Gasteiger partial charge in [-0.1, -0.05) is 25.5 Å². The number of benzene rings is 1. The molecule has 3 heteroatoms. The molecule has 1 heterocycles. The Hall–Kier alpha value is -1.74. The first-order chi connectivity index (χ1) is 10.3. The van der Waals surface area contributed by atoms with Crippen LogP contribution in [-0.4, -0.2) is 18.7 Å². The molecule has 1 atom stereocenters. The zero-order chi connectivity index (χ0) is 15.1. The number of ether oxygens (including phenoxy) is 1. The van der Waals surface area contributed by atoms with Crippen LogP contribution in [0.5, 0.6) is 5.75 Å². The van der Waals surface area contributed by atoms with Crippen molar-refractivity contribution in [3.8, 4) is 5.75 Å². The van der Waals surface area contributed by atoms with E-state index in [0.29, 0.717) is 6.04 Å². The average molecular weight is 286 g/mol. The molecule has 0 spiro atoms. The van der Waals surface area contributed by atoms with Crippen molar-refractivity contribution in [2.24, 2.45) is 0 Å². The maximum atomic E-state index is 5.18. The molecule has 1 aromatic carbocycles. The van der Waals surface area contributed by atoms with Crippen LogP contribution < -0.4 is 10.1 Å². The van der Waals surface area contributed by atoms with Crippen molar-refractivity contribution in [3.63, 3.8) is 0 Å². The van der Waals surface area contributed by atoms with Crippen LogP contribution in [0.1, 0.15) is 36.9 Å². The summed E-state index contributed by atoms with van der Waals surface area (Å²) in [5.74, 6) is 0.915. The molecular formula is C18H26N2O. The van der Waals surface area contributed by atoms with E-state index in [9.17, 15) is 0 Å². The Morgan fingerprint density at radius 1 is 1.19 bits per heavy atom. The van der Waals surface area contributed by atoms with Crippen molar-refractivity contribution < 1.29 is 4.74 Å². The highest BCUT2D eigenvalue weighted by Gasteiger charge is 2.09. The molecule has 0 amide bonds. The van der Waals surface area contributed by atoms with E-state index in [1.54, 1.807) is 7.11 Å². The van der Waals surface area contributed by atoms with Crippen LogP contribution in [0.4, 0.5) is 0 Å². The molecule has 1 aromatic heterocycles. The molecule has 0 saturated heterocycles. The molecule has 0 fully saturated rings. The molecule has 3 nitrogen and oxygen atoms in total. The van der Waals surface area contributed by atoms with E-state index in [-0.39, 0.29) is 0 Å². The lowest BCUT2D eigenvalue weighted by Gasteiger charge is -2.13. The predicted molar refractivity (Wildman–Crippen MR) is 87.8 cm³/mol. The number of hydrogen-bond donors (Lipinski definition) is 1. The lowest BCUT2D eigenvalue weighted by molar-refractivity contribution is 0.414. The summed E-state index contributed by atoms with van der Waals surface area (Å²) in [4.78, 5) is 0. The Bertz CT molecular complexity index is 530.